The van der Waals surface area contributed by atoms with Crippen LogP contribution in [0.3, 0.4) is 0 Å². The fourth-order valence-electron chi connectivity index (χ4n) is 2.70. The number of amides is 2. The minimum Gasteiger partial charge on any atom is -0.484 e. The molecule has 0 spiro atoms. The molecule has 2 amide bonds. The van der Waals surface area contributed by atoms with E-state index in [1.807, 2.05) is 25.1 Å². The van der Waals surface area contributed by atoms with E-state index in [1.54, 1.807) is 29.4 Å². The van der Waals surface area contributed by atoms with Crippen molar-refractivity contribution in [1.29, 1.82) is 0 Å². The lowest BCUT2D eigenvalue weighted by atomic mass is 10.2. The molecule has 3 rings (SSSR count). The van der Waals surface area contributed by atoms with Crippen molar-refractivity contribution in [2.45, 2.75) is 25.8 Å². The van der Waals surface area contributed by atoms with Gasteiger partial charge in [0.2, 0.25) is 5.91 Å². The smallest absolute Gasteiger partial charge is 0.258 e. The largest absolute Gasteiger partial charge is 0.484 e. The van der Waals surface area contributed by atoms with E-state index in [4.69, 9.17) is 9.15 Å². The molecule has 1 saturated heterocycles. The predicted octanol–water partition coefficient (Wildman–Crippen LogP) is 2.66. The number of benzene rings is 1. The molecule has 1 N–H and O–H groups in total. The van der Waals surface area contributed by atoms with Crippen LogP contribution >= 0.6 is 0 Å². The van der Waals surface area contributed by atoms with Crippen LogP contribution in [-0.2, 0) is 9.59 Å². The van der Waals surface area contributed by atoms with Crippen molar-refractivity contribution in [2.24, 2.45) is 0 Å². The van der Waals surface area contributed by atoms with Gasteiger partial charge in [-0.05, 0) is 37.6 Å². The second-order valence-corrected chi connectivity index (χ2v) is 5.74. The summed E-state index contributed by atoms with van der Waals surface area (Å²) >= 11 is 0. The van der Waals surface area contributed by atoms with E-state index in [2.05, 4.69) is 5.32 Å². The molecule has 0 unspecified atom stereocenters. The first-order valence-corrected chi connectivity index (χ1v) is 7.99. The number of anilines is 1. The zero-order chi connectivity index (χ0) is 16.9. The van der Waals surface area contributed by atoms with Gasteiger partial charge in [-0.1, -0.05) is 6.07 Å². The Morgan fingerprint density at radius 2 is 2.25 bits per heavy atom. The zero-order valence-corrected chi connectivity index (χ0v) is 13.5. The Morgan fingerprint density at radius 1 is 1.38 bits per heavy atom. The molecule has 0 bridgehead atoms. The molecule has 1 atom stereocenters. The summed E-state index contributed by atoms with van der Waals surface area (Å²) in [5, 5.41) is 2.81. The minimum absolute atomic E-state index is 0.0948. The van der Waals surface area contributed by atoms with Crippen LogP contribution in [0.1, 0.15) is 31.6 Å². The summed E-state index contributed by atoms with van der Waals surface area (Å²) in [6.07, 6.45) is 3.02. The molecule has 0 saturated carbocycles. The van der Waals surface area contributed by atoms with Crippen LogP contribution < -0.4 is 15.0 Å². The van der Waals surface area contributed by atoms with Crippen LogP contribution in [0.25, 0.3) is 0 Å². The Kier molecular flexibility index (Phi) is 4.84. The molecule has 2 heterocycles. The first-order chi connectivity index (χ1) is 11.6. The average molecular weight is 328 g/mol. The van der Waals surface area contributed by atoms with Gasteiger partial charge in [0.25, 0.3) is 5.91 Å². The number of ether oxygens (including phenoxy) is 1. The highest BCUT2D eigenvalue weighted by molar-refractivity contribution is 5.95. The number of nitrogens with zero attached hydrogens (tertiary/aromatic N) is 1. The zero-order valence-electron chi connectivity index (χ0n) is 13.5. The summed E-state index contributed by atoms with van der Waals surface area (Å²) in [5.74, 6) is 1.14. The first kappa shape index (κ1) is 16.1. The fraction of sp³-hybridized carbons (Fsp3) is 0.333. The summed E-state index contributed by atoms with van der Waals surface area (Å²) < 4.78 is 10.8. The van der Waals surface area contributed by atoms with Crippen molar-refractivity contribution in [2.75, 3.05) is 18.1 Å². The van der Waals surface area contributed by atoms with Crippen molar-refractivity contribution in [1.82, 2.24) is 5.32 Å². The van der Waals surface area contributed by atoms with E-state index in [9.17, 15) is 9.59 Å². The van der Waals surface area contributed by atoms with E-state index in [0.717, 1.165) is 18.7 Å². The van der Waals surface area contributed by atoms with E-state index in [0.29, 0.717) is 17.9 Å². The van der Waals surface area contributed by atoms with E-state index in [1.165, 1.54) is 0 Å². The van der Waals surface area contributed by atoms with Crippen LogP contribution in [0.4, 0.5) is 5.69 Å². The van der Waals surface area contributed by atoms with Gasteiger partial charge in [-0.15, -0.1) is 0 Å². The highest BCUT2D eigenvalue weighted by Crippen LogP contribution is 2.25. The maximum atomic E-state index is 12.0. The normalized spacial score (nSPS) is 15.4. The molecule has 6 heteroatoms. The third kappa shape index (κ3) is 3.76. The minimum atomic E-state index is -0.235. The number of nitrogens with one attached hydrogen (secondary N) is 1. The van der Waals surface area contributed by atoms with Crippen LogP contribution in [-0.4, -0.2) is 25.0 Å². The van der Waals surface area contributed by atoms with Gasteiger partial charge < -0.3 is 19.4 Å². The Hall–Kier alpha value is -2.76. The van der Waals surface area contributed by atoms with E-state index < -0.39 is 0 Å². The predicted molar refractivity (Wildman–Crippen MR) is 88.8 cm³/mol. The molecule has 1 aromatic carbocycles. The Morgan fingerprint density at radius 3 is 2.96 bits per heavy atom. The monoisotopic (exact) mass is 328 g/mol. The number of furan rings is 1. The molecule has 1 aromatic heterocycles. The number of rotatable bonds is 6. The maximum Gasteiger partial charge on any atom is 0.258 e. The Balaban J connectivity index is 1.54. The summed E-state index contributed by atoms with van der Waals surface area (Å²) in [4.78, 5) is 25.5. The van der Waals surface area contributed by atoms with E-state index >= 15 is 0 Å². The lowest BCUT2D eigenvalue weighted by Gasteiger charge is -2.17. The summed E-state index contributed by atoms with van der Waals surface area (Å²) in [6.45, 7) is 2.47. The second-order valence-electron chi connectivity index (χ2n) is 5.74. The van der Waals surface area contributed by atoms with Crippen molar-refractivity contribution < 1.29 is 18.7 Å². The van der Waals surface area contributed by atoms with Crippen molar-refractivity contribution >= 4 is 17.5 Å². The molecule has 1 aliphatic heterocycles. The lowest BCUT2D eigenvalue weighted by molar-refractivity contribution is -0.124. The van der Waals surface area contributed by atoms with Gasteiger partial charge >= 0.3 is 0 Å². The lowest BCUT2D eigenvalue weighted by Crippen LogP contribution is -2.31. The number of hydrogen-bond donors (Lipinski definition) is 1. The van der Waals surface area contributed by atoms with Gasteiger partial charge in [0.05, 0.1) is 12.3 Å². The highest BCUT2D eigenvalue weighted by atomic mass is 16.5. The SMILES string of the molecule is C[C@H](NC(=O)COc1cccc(N2CCCC2=O)c1)c1ccco1. The number of carbonyl (C=O) groups excluding carboxylic acids is 2. The standard InChI is InChI=1S/C18H20N2O4/c1-13(16-7-4-10-23-16)19-17(21)12-24-15-6-2-5-14(11-15)20-9-3-8-18(20)22/h2,4-7,10-11,13H,3,8-9,12H2,1H3,(H,19,21)/t13-/m0/s1. The van der Waals surface area contributed by atoms with Crippen LogP contribution in [0, 0.1) is 0 Å². The first-order valence-electron chi connectivity index (χ1n) is 7.99. The van der Waals surface area contributed by atoms with E-state index in [-0.39, 0.29) is 24.5 Å². The average Bonchev–Trinajstić information content (AvgIpc) is 3.24. The maximum absolute atomic E-state index is 12.0. The molecule has 1 fully saturated rings. The van der Waals surface area contributed by atoms with Gasteiger partial charge in [-0.25, -0.2) is 0 Å². The molecular formula is C18H20N2O4. The molecule has 6 nitrogen and oxygen atoms in total. The molecular weight excluding hydrogens is 308 g/mol. The fourth-order valence-corrected chi connectivity index (χ4v) is 2.70. The highest BCUT2D eigenvalue weighted by Gasteiger charge is 2.22. The van der Waals surface area contributed by atoms with Gasteiger partial charge in [0.15, 0.2) is 6.61 Å². The van der Waals surface area contributed by atoms with Crippen LogP contribution in [0.2, 0.25) is 0 Å². The third-order valence-corrected chi connectivity index (χ3v) is 3.92. The Bertz CT molecular complexity index is 712. The third-order valence-electron chi connectivity index (χ3n) is 3.92. The van der Waals surface area contributed by atoms with Gasteiger partial charge in [0.1, 0.15) is 11.5 Å². The Labute approximate surface area is 140 Å². The van der Waals surface area contributed by atoms with Gasteiger partial charge in [0, 0.05) is 24.7 Å². The van der Waals surface area contributed by atoms with Crippen LogP contribution in [0.15, 0.2) is 47.1 Å². The van der Waals surface area contributed by atoms with Gasteiger partial charge in [-0.2, -0.15) is 0 Å². The summed E-state index contributed by atoms with van der Waals surface area (Å²) in [5.41, 5.74) is 0.805. The van der Waals surface area contributed by atoms with Crippen LogP contribution in [0.5, 0.6) is 5.75 Å². The van der Waals surface area contributed by atoms with Crippen molar-refractivity contribution in [3.05, 3.63) is 48.4 Å². The quantitative estimate of drug-likeness (QED) is 0.885. The molecule has 24 heavy (non-hydrogen) atoms. The molecule has 126 valence electrons. The molecule has 0 aliphatic carbocycles. The molecule has 2 aromatic rings. The van der Waals surface area contributed by atoms with Crippen molar-refractivity contribution in [3.8, 4) is 5.75 Å². The second kappa shape index (κ2) is 7.21. The summed E-state index contributed by atoms with van der Waals surface area (Å²) in [6, 6.07) is 10.6. The molecule has 1 aliphatic rings. The van der Waals surface area contributed by atoms with Gasteiger partial charge in [-0.3, -0.25) is 9.59 Å². The summed E-state index contributed by atoms with van der Waals surface area (Å²) in [7, 11) is 0. The molecule has 0 radical (unpaired) electrons. The van der Waals surface area contributed by atoms with Crippen molar-refractivity contribution in [3.63, 3.8) is 0 Å². The topological polar surface area (TPSA) is 71.8 Å². The number of hydrogen-bond acceptors (Lipinski definition) is 4. The number of carbonyl (C=O) groups is 2.